The highest BCUT2D eigenvalue weighted by Crippen LogP contribution is 2.52. The molecule has 3 aromatic carbocycles. The summed E-state index contributed by atoms with van der Waals surface area (Å²) in [5.74, 6) is 1.37. The molecule has 50 heavy (non-hydrogen) atoms. The van der Waals surface area contributed by atoms with Gasteiger partial charge in [-0.15, -0.1) is 11.8 Å². The van der Waals surface area contributed by atoms with E-state index in [0.29, 0.717) is 19.4 Å². The number of hydrogen-bond acceptors (Lipinski definition) is 8. The molecule has 2 aliphatic rings. The Morgan fingerprint density at radius 1 is 1.00 bits per heavy atom. The summed E-state index contributed by atoms with van der Waals surface area (Å²) in [5, 5.41) is 16.0. The van der Waals surface area contributed by atoms with Gasteiger partial charge in [0.1, 0.15) is 6.23 Å². The SMILES string of the molecule is CCCCC1(CCCC)CSc2ccc(N(C)C)cc2[C@@H](c2cccc(NC(=O)NC3CC(OCc4ccccc4)CC(CO)O3)c2)C1.OS. The molecule has 0 aromatic heterocycles. The number of benzene rings is 3. The topological polar surface area (TPSA) is 103 Å². The molecule has 2 amide bonds. The summed E-state index contributed by atoms with van der Waals surface area (Å²) in [6.07, 6.45) is 8.50. The Hall–Kier alpha value is -2.73. The number of thiol groups is 1. The van der Waals surface area contributed by atoms with E-state index in [2.05, 4.69) is 92.8 Å². The minimum absolute atomic E-state index is 0.123. The van der Waals surface area contributed by atoms with Crippen LogP contribution in [0.3, 0.4) is 0 Å². The lowest BCUT2D eigenvalue weighted by atomic mass is 9.70. The van der Waals surface area contributed by atoms with Crippen molar-refractivity contribution < 1.29 is 23.9 Å². The van der Waals surface area contributed by atoms with Crippen LogP contribution in [0.4, 0.5) is 16.2 Å². The second kappa shape index (κ2) is 20.3. The van der Waals surface area contributed by atoms with Gasteiger partial charge in [-0.2, -0.15) is 0 Å². The first kappa shape index (κ1) is 40.0. The normalized spacial score (nSPS) is 21.2. The van der Waals surface area contributed by atoms with Crippen molar-refractivity contribution in [2.45, 2.75) is 107 Å². The summed E-state index contributed by atoms with van der Waals surface area (Å²) in [6, 6.07) is 25.0. The number of hydrogen-bond donors (Lipinski definition) is 5. The van der Waals surface area contributed by atoms with Crippen LogP contribution in [0.2, 0.25) is 0 Å². The molecule has 0 spiro atoms. The standard InChI is InChI=1S/C40H55N3O4S.H2OS/c1-5-7-19-40(20-8-6-2)25-36(35-22-32(43(3)4)17-18-37(35)48-28-40)30-15-12-16-31(21-30)41-39(45)42-38-24-33(23-34(26-44)47-38)46-27-29-13-10-9-11-14-29;1-2/h9-18,21-22,33-34,36,38,44H,5-8,19-20,23-28H2,1-4H3,(H2,41,42,45);1-2H/t33?,34?,36-,38?;/m1./s1. The molecule has 10 heteroatoms. The van der Waals surface area contributed by atoms with Crippen LogP contribution in [0.15, 0.2) is 77.7 Å². The number of aliphatic hydroxyl groups is 1. The van der Waals surface area contributed by atoms with Crippen molar-refractivity contribution in [1.82, 2.24) is 5.32 Å². The Bertz CT molecular complexity index is 1450. The highest BCUT2D eigenvalue weighted by molar-refractivity contribution is 7.99. The van der Waals surface area contributed by atoms with E-state index in [0.717, 1.165) is 23.4 Å². The lowest BCUT2D eigenvalue weighted by Gasteiger charge is -2.36. The average Bonchev–Trinajstić information content (AvgIpc) is 3.30. The number of nitrogens with zero attached hydrogens (tertiary/aromatic N) is 1. The zero-order valence-electron chi connectivity index (χ0n) is 30.1. The predicted octanol–water partition coefficient (Wildman–Crippen LogP) is 9.34. The van der Waals surface area contributed by atoms with Crippen LogP contribution in [0.25, 0.3) is 0 Å². The summed E-state index contributed by atoms with van der Waals surface area (Å²) < 4.78 is 18.9. The molecule has 274 valence electrons. The molecule has 2 aliphatic heterocycles. The van der Waals surface area contributed by atoms with Crippen molar-refractivity contribution in [3.63, 3.8) is 0 Å². The van der Waals surface area contributed by atoms with E-state index in [1.165, 1.54) is 60.2 Å². The second-order valence-corrected chi connectivity index (χ2v) is 14.9. The Morgan fingerprint density at radius 3 is 2.42 bits per heavy atom. The third kappa shape index (κ3) is 11.4. The van der Waals surface area contributed by atoms with Gasteiger partial charge in [0.25, 0.3) is 0 Å². The predicted molar refractivity (Wildman–Crippen MR) is 210 cm³/mol. The maximum atomic E-state index is 13.3. The quantitative estimate of drug-likeness (QED) is 0.0835. The molecule has 2 heterocycles. The Balaban J connectivity index is 0.00000276. The first-order valence-corrected chi connectivity index (χ1v) is 19.4. The number of unbranched alkanes of at least 4 members (excludes halogenated alkanes) is 2. The first-order chi connectivity index (χ1) is 24.3. The Kier molecular flexibility index (Phi) is 16.3. The van der Waals surface area contributed by atoms with Gasteiger partial charge in [0, 0.05) is 54.9 Å². The smallest absolute Gasteiger partial charge is 0.321 e. The van der Waals surface area contributed by atoms with Gasteiger partial charge < -0.3 is 34.7 Å². The van der Waals surface area contributed by atoms with E-state index in [-0.39, 0.29) is 30.1 Å². The number of urea groups is 1. The molecule has 4 N–H and O–H groups in total. The lowest BCUT2D eigenvalue weighted by Crippen LogP contribution is -2.48. The molecular weight excluding hydrogens is 667 g/mol. The maximum absolute atomic E-state index is 13.3. The van der Waals surface area contributed by atoms with Gasteiger partial charge in [-0.1, -0.05) is 82.0 Å². The Morgan fingerprint density at radius 2 is 1.74 bits per heavy atom. The number of carbonyl (C=O) groups is 1. The number of nitrogens with one attached hydrogen (secondary N) is 2. The second-order valence-electron chi connectivity index (χ2n) is 13.9. The molecule has 0 saturated carbocycles. The summed E-state index contributed by atoms with van der Waals surface area (Å²) in [7, 11) is 4.21. The van der Waals surface area contributed by atoms with Gasteiger partial charge in [0.15, 0.2) is 0 Å². The van der Waals surface area contributed by atoms with Crippen molar-refractivity contribution in [2.24, 2.45) is 5.41 Å². The molecule has 1 saturated heterocycles. The molecule has 8 nitrogen and oxygen atoms in total. The third-order valence-corrected chi connectivity index (χ3v) is 11.3. The highest BCUT2D eigenvalue weighted by Gasteiger charge is 2.37. The van der Waals surface area contributed by atoms with Crippen LogP contribution >= 0.6 is 24.7 Å². The van der Waals surface area contributed by atoms with Gasteiger partial charge in [-0.05, 0) is 84.6 Å². The van der Waals surface area contributed by atoms with Crippen LogP contribution in [-0.2, 0) is 16.1 Å². The van der Waals surface area contributed by atoms with E-state index in [1.54, 1.807) is 0 Å². The first-order valence-electron chi connectivity index (χ1n) is 18.0. The van der Waals surface area contributed by atoms with E-state index < -0.39 is 12.3 Å². The number of carbonyl (C=O) groups excluding carboxylic acids is 1. The van der Waals surface area contributed by atoms with Crippen molar-refractivity contribution in [3.05, 3.63) is 89.5 Å². The maximum Gasteiger partial charge on any atom is 0.321 e. The minimum Gasteiger partial charge on any atom is -0.394 e. The summed E-state index contributed by atoms with van der Waals surface area (Å²) in [6.45, 7) is 4.95. The lowest BCUT2D eigenvalue weighted by molar-refractivity contribution is -0.136. The summed E-state index contributed by atoms with van der Waals surface area (Å²) in [4.78, 5) is 16.9. The zero-order chi connectivity index (χ0) is 35.9. The third-order valence-electron chi connectivity index (χ3n) is 9.91. The van der Waals surface area contributed by atoms with Crippen molar-refractivity contribution in [3.8, 4) is 0 Å². The molecule has 3 unspecified atom stereocenters. The monoisotopic (exact) mass is 723 g/mol. The van der Waals surface area contributed by atoms with Crippen LogP contribution in [0.1, 0.15) is 94.2 Å². The van der Waals surface area contributed by atoms with Gasteiger partial charge in [0.2, 0.25) is 0 Å². The minimum atomic E-state index is -0.562. The largest absolute Gasteiger partial charge is 0.394 e. The van der Waals surface area contributed by atoms with Gasteiger partial charge in [-0.3, -0.25) is 0 Å². The fourth-order valence-corrected chi connectivity index (χ4v) is 8.58. The highest BCUT2D eigenvalue weighted by atomic mass is 32.2. The fourth-order valence-electron chi connectivity index (χ4n) is 7.18. The van der Waals surface area contributed by atoms with Gasteiger partial charge in [0.05, 0.1) is 25.4 Å². The molecule has 1 fully saturated rings. The molecule has 3 aromatic rings. The van der Waals surface area contributed by atoms with Crippen LogP contribution < -0.4 is 15.5 Å². The zero-order valence-corrected chi connectivity index (χ0v) is 31.9. The van der Waals surface area contributed by atoms with Crippen molar-refractivity contribution in [2.75, 3.05) is 36.7 Å². The van der Waals surface area contributed by atoms with Crippen LogP contribution in [0, 0.1) is 5.41 Å². The number of amides is 2. The van der Waals surface area contributed by atoms with E-state index in [9.17, 15) is 9.90 Å². The molecule has 5 rings (SSSR count). The number of ether oxygens (including phenoxy) is 2. The van der Waals surface area contributed by atoms with Crippen molar-refractivity contribution >= 4 is 42.1 Å². The van der Waals surface area contributed by atoms with E-state index in [1.807, 2.05) is 48.2 Å². The molecule has 0 aliphatic carbocycles. The number of fused-ring (bicyclic) bond motifs is 1. The number of rotatable bonds is 14. The summed E-state index contributed by atoms with van der Waals surface area (Å²) in [5.41, 5.74) is 5.93. The summed E-state index contributed by atoms with van der Waals surface area (Å²) >= 11 is 4.56. The average molecular weight is 724 g/mol. The van der Waals surface area contributed by atoms with Gasteiger partial charge >= 0.3 is 6.03 Å². The van der Waals surface area contributed by atoms with Gasteiger partial charge in [-0.25, -0.2) is 4.79 Å². The molecular formula is C40H57N3O5S2. The fraction of sp³-hybridized carbons (Fsp3) is 0.525. The Labute approximate surface area is 309 Å². The number of aliphatic hydroxyl groups excluding tert-OH is 1. The number of anilines is 2. The van der Waals surface area contributed by atoms with Crippen molar-refractivity contribution in [1.29, 1.82) is 0 Å². The van der Waals surface area contributed by atoms with Crippen LogP contribution in [-0.4, -0.2) is 60.6 Å². The molecule has 0 radical (unpaired) electrons. The van der Waals surface area contributed by atoms with E-state index in [4.69, 9.17) is 14.0 Å². The number of thioether (sulfide) groups is 1. The molecule has 0 bridgehead atoms. The molecule has 4 atom stereocenters. The van der Waals surface area contributed by atoms with Crippen LogP contribution in [0.5, 0.6) is 0 Å². The van der Waals surface area contributed by atoms with E-state index >= 15 is 0 Å².